The van der Waals surface area contributed by atoms with E-state index in [9.17, 15) is 4.79 Å². The Bertz CT molecular complexity index is 499. The second kappa shape index (κ2) is 7.15. The van der Waals surface area contributed by atoms with Gasteiger partial charge in [0.1, 0.15) is 16.4 Å². The number of esters is 1. The molecule has 1 heterocycles. The number of aromatic nitrogens is 2. The van der Waals surface area contributed by atoms with Crippen LogP contribution in [0.5, 0.6) is 0 Å². The van der Waals surface area contributed by atoms with Crippen LogP contribution in [0.1, 0.15) is 17.3 Å². The van der Waals surface area contributed by atoms with E-state index in [4.69, 9.17) is 22.7 Å². The van der Waals surface area contributed by atoms with Crippen LogP contribution in [0.15, 0.2) is 17.7 Å². The number of hydrogen-bond donors (Lipinski definition) is 2. The number of nitrogens with zero attached hydrogens (tertiary/aromatic N) is 2. The molecular formula is C11H16N4O2S2. The zero-order valence-electron chi connectivity index (χ0n) is 10.8. The summed E-state index contributed by atoms with van der Waals surface area (Å²) in [6.07, 6.45) is 3.46. The van der Waals surface area contributed by atoms with Crippen LogP contribution in [0.2, 0.25) is 0 Å². The van der Waals surface area contributed by atoms with Crippen molar-refractivity contribution in [2.45, 2.75) is 11.9 Å². The number of thioether (sulfide) groups is 1. The summed E-state index contributed by atoms with van der Waals surface area (Å²) >= 11 is 6.45. The SMILES string of the molecule is C=CCNC(=S)n1nc(SC)c(C(=O)OCC)c1N. The quantitative estimate of drug-likeness (QED) is 0.367. The van der Waals surface area contributed by atoms with Gasteiger partial charge in [0, 0.05) is 6.54 Å². The number of carbonyl (C=O) groups excluding carboxylic acids is 1. The van der Waals surface area contributed by atoms with Gasteiger partial charge in [0.15, 0.2) is 5.11 Å². The minimum absolute atomic E-state index is 0.171. The predicted octanol–water partition coefficient (Wildman–Crippen LogP) is 1.27. The Labute approximate surface area is 121 Å². The zero-order chi connectivity index (χ0) is 14.4. The molecule has 0 atom stereocenters. The molecule has 0 bridgehead atoms. The van der Waals surface area contributed by atoms with E-state index in [1.807, 2.05) is 0 Å². The Morgan fingerprint density at radius 2 is 2.42 bits per heavy atom. The van der Waals surface area contributed by atoms with E-state index < -0.39 is 5.97 Å². The van der Waals surface area contributed by atoms with Gasteiger partial charge < -0.3 is 15.8 Å². The van der Waals surface area contributed by atoms with E-state index in [0.29, 0.717) is 16.7 Å². The van der Waals surface area contributed by atoms with Crippen molar-refractivity contribution in [2.75, 3.05) is 25.1 Å². The molecule has 0 aromatic carbocycles. The fraction of sp³-hybridized carbons (Fsp3) is 0.364. The van der Waals surface area contributed by atoms with E-state index in [2.05, 4.69) is 17.0 Å². The lowest BCUT2D eigenvalue weighted by molar-refractivity contribution is 0.0523. The highest BCUT2D eigenvalue weighted by Gasteiger charge is 2.24. The molecular weight excluding hydrogens is 284 g/mol. The molecule has 0 aliphatic carbocycles. The maximum Gasteiger partial charge on any atom is 0.344 e. The lowest BCUT2D eigenvalue weighted by Gasteiger charge is -2.07. The van der Waals surface area contributed by atoms with Crippen LogP contribution >= 0.6 is 24.0 Å². The van der Waals surface area contributed by atoms with Gasteiger partial charge in [-0.3, -0.25) is 0 Å². The molecule has 1 aromatic rings. The first kappa shape index (κ1) is 15.5. The molecule has 3 N–H and O–H groups in total. The second-order valence-electron chi connectivity index (χ2n) is 3.38. The first-order chi connectivity index (χ1) is 9.06. The molecule has 0 spiro atoms. The fourth-order valence-corrected chi connectivity index (χ4v) is 2.12. The van der Waals surface area contributed by atoms with Crippen molar-refractivity contribution in [3.63, 3.8) is 0 Å². The lowest BCUT2D eigenvalue weighted by atomic mass is 10.3. The third-order valence-electron chi connectivity index (χ3n) is 2.15. The topological polar surface area (TPSA) is 82.2 Å². The molecule has 19 heavy (non-hydrogen) atoms. The number of nitrogen functional groups attached to an aromatic ring is 1. The van der Waals surface area contributed by atoms with Gasteiger partial charge in [0.25, 0.3) is 0 Å². The summed E-state index contributed by atoms with van der Waals surface area (Å²) < 4.78 is 6.28. The molecule has 0 aliphatic heterocycles. The molecule has 0 radical (unpaired) electrons. The lowest BCUT2D eigenvalue weighted by Crippen LogP contribution is -2.30. The third-order valence-corrected chi connectivity index (χ3v) is 3.14. The van der Waals surface area contributed by atoms with Crippen LogP contribution in [0.4, 0.5) is 5.82 Å². The molecule has 0 aliphatic rings. The van der Waals surface area contributed by atoms with Crippen LogP contribution in [-0.4, -0.2) is 40.3 Å². The molecule has 0 saturated carbocycles. The van der Waals surface area contributed by atoms with Gasteiger partial charge >= 0.3 is 5.97 Å². The maximum absolute atomic E-state index is 11.8. The van der Waals surface area contributed by atoms with Gasteiger partial charge in [-0.25, -0.2) is 4.79 Å². The second-order valence-corrected chi connectivity index (χ2v) is 4.56. The number of rotatable bonds is 5. The van der Waals surface area contributed by atoms with Crippen molar-refractivity contribution in [3.05, 3.63) is 18.2 Å². The number of carbonyl (C=O) groups is 1. The van der Waals surface area contributed by atoms with Gasteiger partial charge in [0.2, 0.25) is 0 Å². The van der Waals surface area contributed by atoms with Gasteiger partial charge in [-0.15, -0.1) is 18.3 Å². The van der Waals surface area contributed by atoms with E-state index in [-0.39, 0.29) is 18.0 Å². The van der Waals surface area contributed by atoms with Gasteiger partial charge in [-0.05, 0) is 25.4 Å². The molecule has 8 heteroatoms. The highest BCUT2D eigenvalue weighted by Crippen LogP contribution is 2.25. The number of thiocarbonyl (C=S) groups is 1. The predicted molar refractivity (Wildman–Crippen MR) is 80.6 cm³/mol. The first-order valence-electron chi connectivity index (χ1n) is 5.55. The molecule has 0 unspecified atom stereocenters. The standard InChI is InChI=1S/C11H16N4O2S2/c1-4-6-13-11(18)15-8(12)7(9(14-15)19-3)10(16)17-5-2/h4H,1,5-6,12H2,2-3H3,(H,13,18). The van der Waals surface area contributed by atoms with Gasteiger partial charge in [-0.1, -0.05) is 6.08 Å². The van der Waals surface area contributed by atoms with E-state index in [0.717, 1.165) is 0 Å². The third kappa shape index (κ3) is 3.48. The van der Waals surface area contributed by atoms with Crippen LogP contribution in [-0.2, 0) is 4.74 Å². The summed E-state index contributed by atoms with van der Waals surface area (Å²) in [5, 5.41) is 7.89. The van der Waals surface area contributed by atoms with Gasteiger partial charge in [-0.2, -0.15) is 9.78 Å². The molecule has 1 rings (SSSR count). The Hall–Kier alpha value is -1.54. The minimum atomic E-state index is -0.498. The van der Waals surface area contributed by atoms with Crippen LogP contribution < -0.4 is 11.1 Å². The summed E-state index contributed by atoms with van der Waals surface area (Å²) in [5.74, 6) is -0.327. The highest BCUT2D eigenvalue weighted by atomic mass is 32.2. The Kier molecular flexibility index (Phi) is 5.84. The average molecular weight is 300 g/mol. The van der Waals surface area contributed by atoms with Crippen molar-refractivity contribution >= 4 is 40.9 Å². The summed E-state index contributed by atoms with van der Waals surface area (Å²) in [4.78, 5) is 11.8. The Morgan fingerprint density at radius 1 is 1.74 bits per heavy atom. The Morgan fingerprint density at radius 3 is 2.95 bits per heavy atom. The smallest absolute Gasteiger partial charge is 0.344 e. The number of nitrogens with one attached hydrogen (secondary N) is 1. The number of nitrogens with two attached hydrogens (primary N) is 1. The number of ether oxygens (including phenoxy) is 1. The summed E-state index contributed by atoms with van der Waals surface area (Å²) in [7, 11) is 0. The average Bonchev–Trinajstić information content (AvgIpc) is 2.73. The maximum atomic E-state index is 11.8. The Balaban J connectivity index is 3.12. The molecule has 0 saturated heterocycles. The number of anilines is 1. The molecule has 0 fully saturated rings. The van der Waals surface area contributed by atoms with E-state index in [1.165, 1.54) is 16.4 Å². The van der Waals surface area contributed by atoms with Crippen molar-refractivity contribution in [1.82, 2.24) is 15.1 Å². The van der Waals surface area contributed by atoms with Crippen molar-refractivity contribution in [3.8, 4) is 0 Å². The van der Waals surface area contributed by atoms with E-state index >= 15 is 0 Å². The first-order valence-corrected chi connectivity index (χ1v) is 7.18. The zero-order valence-corrected chi connectivity index (χ0v) is 12.4. The largest absolute Gasteiger partial charge is 0.462 e. The summed E-state index contributed by atoms with van der Waals surface area (Å²) in [5.41, 5.74) is 6.16. The molecule has 104 valence electrons. The molecule has 1 aromatic heterocycles. The monoisotopic (exact) mass is 300 g/mol. The van der Waals surface area contributed by atoms with E-state index in [1.54, 1.807) is 19.3 Å². The summed E-state index contributed by atoms with van der Waals surface area (Å²) in [6.45, 7) is 6.07. The van der Waals surface area contributed by atoms with Crippen molar-refractivity contribution in [1.29, 1.82) is 0 Å². The molecule has 0 amide bonds. The van der Waals surface area contributed by atoms with Crippen LogP contribution in [0.3, 0.4) is 0 Å². The number of hydrogen-bond acceptors (Lipinski definition) is 6. The minimum Gasteiger partial charge on any atom is -0.462 e. The van der Waals surface area contributed by atoms with Crippen LogP contribution in [0, 0.1) is 0 Å². The van der Waals surface area contributed by atoms with Gasteiger partial charge in [0.05, 0.1) is 6.61 Å². The fourth-order valence-electron chi connectivity index (χ4n) is 1.34. The highest BCUT2D eigenvalue weighted by molar-refractivity contribution is 7.98. The molecule has 6 nitrogen and oxygen atoms in total. The van der Waals surface area contributed by atoms with Crippen molar-refractivity contribution in [2.24, 2.45) is 0 Å². The van der Waals surface area contributed by atoms with Crippen molar-refractivity contribution < 1.29 is 9.53 Å². The normalized spacial score (nSPS) is 10.0. The van der Waals surface area contributed by atoms with Crippen LogP contribution in [0.25, 0.3) is 0 Å². The summed E-state index contributed by atoms with van der Waals surface area (Å²) in [6, 6.07) is 0.